The van der Waals surface area contributed by atoms with Crippen molar-refractivity contribution in [3.8, 4) is 0 Å². The van der Waals surface area contributed by atoms with Crippen LogP contribution in [0.5, 0.6) is 0 Å². The van der Waals surface area contributed by atoms with E-state index in [1.807, 2.05) is 13.8 Å². The highest BCUT2D eigenvalue weighted by atomic mass is 16.2. The maximum atomic E-state index is 12.3. The van der Waals surface area contributed by atoms with Gasteiger partial charge in [0.2, 0.25) is 11.8 Å². The first kappa shape index (κ1) is 15.3. The van der Waals surface area contributed by atoms with E-state index in [-0.39, 0.29) is 17.9 Å². The van der Waals surface area contributed by atoms with Gasteiger partial charge in [0.15, 0.2) is 0 Å². The average Bonchev–Trinajstić information content (AvgIpc) is 2.97. The van der Waals surface area contributed by atoms with Crippen LogP contribution < -0.4 is 16.0 Å². The molecule has 1 heterocycles. The highest BCUT2D eigenvalue weighted by Crippen LogP contribution is 2.37. The molecule has 0 radical (unpaired) electrons. The van der Waals surface area contributed by atoms with E-state index >= 15 is 0 Å². The van der Waals surface area contributed by atoms with Crippen LogP contribution in [0.3, 0.4) is 0 Å². The zero-order chi connectivity index (χ0) is 14.7. The lowest BCUT2D eigenvalue weighted by molar-refractivity contribution is -0.130. The lowest BCUT2D eigenvalue weighted by atomic mass is 9.93. The number of rotatable bonds is 5. The van der Waals surface area contributed by atoms with Gasteiger partial charge < -0.3 is 16.0 Å². The zero-order valence-corrected chi connectivity index (χ0v) is 12.7. The summed E-state index contributed by atoms with van der Waals surface area (Å²) >= 11 is 0. The standard InChI is InChI=1S/C15H27N3O2/c1-9(2)7-17-14(19)10(3)18-15(20)13-12-6-4-5-11(12)8-16-13/h9-13,16H,4-8H2,1-3H3,(H,17,19)(H,18,20). The Balaban J connectivity index is 1.80. The minimum Gasteiger partial charge on any atom is -0.354 e. The molecule has 0 spiro atoms. The van der Waals surface area contributed by atoms with Gasteiger partial charge in [-0.05, 0) is 44.1 Å². The molecule has 4 unspecified atom stereocenters. The molecule has 1 aliphatic heterocycles. The summed E-state index contributed by atoms with van der Waals surface area (Å²) in [6, 6.07) is -0.577. The van der Waals surface area contributed by atoms with E-state index in [1.165, 1.54) is 12.8 Å². The second kappa shape index (κ2) is 6.57. The Labute approximate surface area is 121 Å². The van der Waals surface area contributed by atoms with E-state index in [1.54, 1.807) is 6.92 Å². The molecule has 0 aromatic rings. The summed E-state index contributed by atoms with van der Waals surface area (Å²) in [5.41, 5.74) is 0. The molecule has 5 heteroatoms. The molecule has 1 aliphatic carbocycles. The van der Waals surface area contributed by atoms with Gasteiger partial charge in [0.1, 0.15) is 6.04 Å². The zero-order valence-electron chi connectivity index (χ0n) is 12.7. The monoisotopic (exact) mass is 281 g/mol. The smallest absolute Gasteiger partial charge is 0.242 e. The lowest BCUT2D eigenvalue weighted by Gasteiger charge is -2.21. The molecule has 3 N–H and O–H groups in total. The normalized spacial score (nSPS) is 30.1. The fourth-order valence-corrected chi connectivity index (χ4v) is 3.30. The first-order valence-electron chi connectivity index (χ1n) is 7.80. The number of amides is 2. The largest absolute Gasteiger partial charge is 0.354 e. The predicted molar refractivity (Wildman–Crippen MR) is 78.1 cm³/mol. The Bertz CT molecular complexity index is 370. The van der Waals surface area contributed by atoms with Gasteiger partial charge in [0.25, 0.3) is 0 Å². The molecule has 1 saturated carbocycles. The molecule has 2 aliphatic rings. The Morgan fingerprint density at radius 2 is 2.00 bits per heavy atom. The van der Waals surface area contributed by atoms with Crippen LogP contribution in [-0.4, -0.2) is 37.0 Å². The fourth-order valence-electron chi connectivity index (χ4n) is 3.30. The number of hydrogen-bond donors (Lipinski definition) is 3. The highest BCUT2D eigenvalue weighted by Gasteiger charge is 2.42. The van der Waals surface area contributed by atoms with E-state index in [0.29, 0.717) is 24.3 Å². The van der Waals surface area contributed by atoms with Crippen molar-refractivity contribution in [2.24, 2.45) is 17.8 Å². The van der Waals surface area contributed by atoms with Crippen molar-refractivity contribution in [3.05, 3.63) is 0 Å². The molecule has 4 atom stereocenters. The molecule has 5 nitrogen and oxygen atoms in total. The summed E-state index contributed by atoms with van der Waals surface area (Å²) in [6.07, 6.45) is 3.58. The fraction of sp³-hybridized carbons (Fsp3) is 0.867. The van der Waals surface area contributed by atoms with Crippen LogP contribution in [0.2, 0.25) is 0 Å². The molecule has 1 saturated heterocycles. The first-order valence-corrected chi connectivity index (χ1v) is 7.80. The quantitative estimate of drug-likeness (QED) is 0.693. The molecule has 114 valence electrons. The van der Waals surface area contributed by atoms with E-state index in [0.717, 1.165) is 13.0 Å². The molecule has 0 aromatic carbocycles. The topological polar surface area (TPSA) is 70.2 Å². The summed E-state index contributed by atoms with van der Waals surface area (Å²) in [4.78, 5) is 24.2. The molecular weight excluding hydrogens is 254 g/mol. The van der Waals surface area contributed by atoms with Crippen molar-refractivity contribution in [3.63, 3.8) is 0 Å². The minimum absolute atomic E-state index is 0.0217. The molecule has 0 aromatic heterocycles. The van der Waals surface area contributed by atoms with Gasteiger partial charge in [0.05, 0.1) is 6.04 Å². The lowest BCUT2D eigenvalue weighted by Crippen LogP contribution is -2.51. The van der Waals surface area contributed by atoms with E-state index in [2.05, 4.69) is 16.0 Å². The van der Waals surface area contributed by atoms with Crippen LogP contribution in [0.25, 0.3) is 0 Å². The molecule has 2 fully saturated rings. The van der Waals surface area contributed by atoms with Crippen molar-refractivity contribution in [2.75, 3.05) is 13.1 Å². The SMILES string of the molecule is CC(C)CNC(=O)C(C)NC(=O)C1NCC2CCCC21. The Hall–Kier alpha value is -1.10. The van der Waals surface area contributed by atoms with E-state index in [4.69, 9.17) is 0 Å². The number of hydrogen-bond acceptors (Lipinski definition) is 3. The molecule has 20 heavy (non-hydrogen) atoms. The summed E-state index contributed by atoms with van der Waals surface area (Å²) < 4.78 is 0. The third kappa shape index (κ3) is 3.51. The summed E-state index contributed by atoms with van der Waals surface area (Å²) in [5.74, 6) is 1.40. The maximum absolute atomic E-state index is 12.3. The number of carbonyl (C=O) groups is 2. The second-order valence-electron chi connectivity index (χ2n) is 6.61. The van der Waals surface area contributed by atoms with Gasteiger partial charge in [-0.25, -0.2) is 0 Å². The van der Waals surface area contributed by atoms with Crippen LogP contribution >= 0.6 is 0 Å². The summed E-state index contributed by atoms with van der Waals surface area (Å²) in [7, 11) is 0. The molecule has 2 amide bonds. The van der Waals surface area contributed by atoms with Crippen molar-refractivity contribution < 1.29 is 9.59 Å². The van der Waals surface area contributed by atoms with Crippen LogP contribution in [0.1, 0.15) is 40.0 Å². The van der Waals surface area contributed by atoms with Crippen LogP contribution in [0.15, 0.2) is 0 Å². The van der Waals surface area contributed by atoms with Gasteiger partial charge in [-0.15, -0.1) is 0 Å². The average molecular weight is 281 g/mol. The Morgan fingerprint density at radius 3 is 2.70 bits per heavy atom. The predicted octanol–water partition coefficient (Wildman–Crippen LogP) is 0.651. The third-order valence-corrected chi connectivity index (χ3v) is 4.47. The van der Waals surface area contributed by atoms with E-state index in [9.17, 15) is 9.59 Å². The Morgan fingerprint density at radius 1 is 1.25 bits per heavy atom. The number of fused-ring (bicyclic) bond motifs is 1. The number of carbonyl (C=O) groups excluding carboxylic acids is 2. The second-order valence-corrected chi connectivity index (χ2v) is 6.61. The van der Waals surface area contributed by atoms with Gasteiger partial charge >= 0.3 is 0 Å². The third-order valence-electron chi connectivity index (χ3n) is 4.47. The Kier molecular flexibility index (Phi) is 5.02. The first-order chi connectivity index (χ1) is 9.49. The van der Waals surface area contributed by atoms with Crippen LogP contribution in [-0.2, 0) is 9.59 Å². The van der Waals surface area contributed by atoms with Crippen molar-refractivity contribution in [2.45, 2.75) is 52.1 Å². The van der Waals surface area contributed by atoms with Crippen LogP contribution in [0.4, 0.5) is 0 Å². The van der Waals surface area contributed by atoms with Crippen molar-refractivity contribution >= 4 is 11.8 Å². The number of nitrogens with one attached hydrogen (secondary N) is 3. The highest BCUT2D eigenvalue weighted by molar-refractivity contribution is 5.89. The van der Waals surface area contributed by atoms with Gasteiger partial charge in [-0.2, -0.15) is 0 Å². The van der Waals surface area contributed by atoms with Gasteiger partial charge in [-0.1, -0.05) is 20.3 Å². The van der Waals surface area contributed by atoms with Crippen molar-refractivity contribution in [1.29, 1.82) is 0 Å². The molecule has 0 bridgehead atoms. The summed E-state index contributed by atoms with van der Waals surface area (Å²) in [5, 5.41) is 9.00. The summed E-state index contributed by atoms with van der Waals surface area (Å²) in [6.45, 7) is 7.43. The van der Waals surface area contributed by atoms with Crippen molar-refractivity contribution in [1.82, 2.24) is 16.0 Å². The minimum atomic E-state index is -0.469. The van der Waals surface area contributed by atoms with E-state index < -0.39 is 6.04 Å². The van der Waals surface area contributed by atoms with Gasteiger partial charge in [-0.3, -0.25) is 9.59 Å². The van der Waals surface area contributed by atoms with Crippen LogP contribution in [0, 0.1) is 17.8 Å². The molecular formula is C15H27N3O2. The maximum Gasteiger partial charge on any atom is 0.242 e. The molecule has 2 rings (SSSR count). The van der Waals surface area contributed by atoms with Gasteiger partial charge in [0, 0.05) is 6.54 Å².